The summed E-state index contributed by atoms with van der Waals surface area (Å²) in [7, 11) is 1.99. The zero-order valence-electron chi connectivity index (χ0n) is 18.5. The van der Waals surface area contributed by atoms with Gasteiger partial charge in [-0.15, -0.1) is 5.10 Å². The molecule has 7 nitrogen and oxygen atoms in total. The summed E-state index contributed by atoms with van der Waals surface area (Å²) < 4.78 is 5.97. The van der Waals surface area contributed by atoms with E-state index in [1.807, 2.05) is 80.7 Å². The minimum atomic E-state index is -0.302. The summed E-state index contributed by atoms with van der Waals surface area (Å²) in [4.78, 5) is 17.4. The Labute approximate surface area is 189 Å². The van der Waals surface area contributed by atoms with Gasteiger partial charge in [-0.05, 0) is 63.2 Å². The van der Waals surface area contributed by atoms with Crippen LogP contribution in [0, 0.1) is 0 Å². The molecule has 0 aliphatic carbocycles. The van der Waals surface area contributed by atoms with E-state index in [-0.39, 0.29) is 11.9 Å². The summed E-state index contributed by atoms with van der Waals surface area (Å²) >= 11 is 0. The van der Waals surface area contributed by atoms with Crippen LogP contribution < -0.4 is 15.0 Å². The van der Waals surface area contributed by atoms with Gasteiger partial charge in [0.05, 0.1) is 11.7 Å². The highest BCUT2D eigenvalue weighted by molar-refractivity contribution is 5.95. The topological polar surface area (TPSA) is 70.6 Å². The Morgan fingerprint density at radius 2 is 1.94 bits per heavy atom. The monoisotopic (exact) mass is 431 g/mol. The summed E-state index contributed by atoms with van der Waals surface area (Å²) in [6, 6.07) is 20.9. The highest BCUT2D eigenvalue weighted by atomic mass is 16.5. The molecule has 32 heavy (non-hydrogen) atoms. The Kier molecular flexibility index (Phi) is 6.97. The number of amides is 1. The lowest BCUT2D eigenvalue weighted by Crippen LogP contribution is -2.46. The van der Waals surface area contributed by atoms with Crippen LogP contribution in [-0.2, 0) is 4.79 Å². The number of para-hydroxylation sites is 3. The third kappa shape index (κ3) is 5.23. The molecule has 0 saturated carbocycles. The van der Waals surface area contributed by atoms with E-state index in [0.717, 1.165) is 37.5 Å². The van der Waals surface area contributed by atoms with Crippen LogP contribution in [0.3, 0.4) is 0 Å². The number of aromatic nitrogens is 2. The van der Waals surface area contributed by atoms with Crippen LogP contribution >= 0.6 is 0 Å². The first kappa shape index (κ1) is 21.8. The summed E-state index contributed by atoms with van der Waals surface area (Å²) in [6.45, 7) is 3.66. The number of ether oxygens (including phenoxy) is 1. The Balaban J connectivity index is 1.39. The van der Waals surface area contributed by atoms with E-state index in [1.165, 1.54) is 0 Å². The van der Waals surface area contributed by atoms with E-state index in [0.29, 0.717) is 17.5 Å². The van der Waals surface area contributed by atoms with Crippen molar-refractivity contribution in [2.24, 2.45) is 0 Å². The summed E-state index contributed by atoms with van der Waals surface area (Å²) in [5.74, 6) is 2.17. The predicted octanol–water partition coefficient (Wildman–Crippen LogP) is 4.20. The van der Waals surface area contributed by atoms with Crippen molar-refractivity contribution in [2.75, 3.05) is 30.4 Å². The van der Waals surface area contributed by atoms with Gasteiger partial charge in [-0.25, -0.2) is 0 Å². The lowest BCUT2D eigenvalue weighted by Gasteiger charge is -2.31. The molecule has 7 heteroatoms. The minimum Gasteiger partial charge on any atom is -0.455 e. The Morgan fingerprint density at radius 1 is 1.16 bits per heavy atom. The van der Waals surface area contributed by atoms with Crippen molar-refractivity contribution >= 4 is 17.4 Å². The molecule has 1 fully saturated rings. The fourth-order valence-electron chi connectivity index (χ4n) is 3.98. The number of nitrogens with one attached hydrogen (secondary N) is 1. The molecule has 2 atom stereocenters. The van der Waals surface area contributed by atoms with Gasteiger partial charge in [0.15, 0.2) is 11.6 Å². The van der Waals surface area contributed by atoms with Crippen molar-refractivity contribution in [3.8, 4) is 11.5 Å². The number of nitrogens with zero attached hydrogens (tertiary/aromatic N) is 4. The number of rotatable bonds is 8. The van der Waals surface area contributed by atoms with Gasteiger partial charge in [-0.2, -0.15) is 5.10 Å². The zero-order chi connectivity index (χ0) is 22.3. The van der Waals surface area contributed by atoms with Gasteiger partial charge < -0.3 is 15.0 Å². The highest BCUT2D eigenvalue weighted by Crippen LogP contribution is 2.29. The average molecular weight is 432 g/mol. The lowest BCUT2D eigenvalue weighted by molar-refractivity contribution is -0.120. The Morgan fingerprint density at radius 3 is 2.72 bits per heavy atom. The first-order valence-electron chi connectivity index (χ1n) is 11.0. The smallest absolute Gasteiger partial charge is 0.241 e. The van der Waals surface area contributed by atoms with Crippen molar-refractivity contribution in [3.63, 3.8) is 0 Å². The molecule has 4 rings (SSSR count). The number of hydrogen-bond acceptors (Lipinski definition) is 6. The fourth-order valence-corrected chi connectivity index (χ4v) is 3.98. The lowest BCUT2D eigenvalue weighted by atomic mass is 10.1. The third-order valence-corrected chi connectivity index (χ3v) is 5.88. The SMILES string of the molecule is CC(C(=O)Nc1ccccc1Oc1ccccc1)N(C)CC1CCCN1c1cccnn1. The third-order valence-electron chi connectivity index (χ3n) is 5.88. The molecule has 0 spiro atoms. The van der Waals surface area contributed by atoms with Gasteiger partial charge in [0.25, 0.3) is 0 Å². The van der Waals surface area contributed by atoms with Gasteiger partial charge in [-0.3, -0.25) is 9.69 Å². The molecule has 0 radical (unpaired) electrons. The highest BCUT2D eigenvalue weighted by Gasteiger charge is 2.29. The van der Waals surface area contributed by atoms with Gasteiger partial charge >= 0.3 is 0 Å². The molecular formula is C25H29N5O2. The molecule has 2 aromatic carbocycles. The maximum Gasteiger partial charge on any atom is 0.241 e. The quantitative estimate of drug-likeness (QED) is 0.577. The van der Waals surface area contributed by atoms with Gasteiger partial charge in [0, 0.05) is 25.3 Å². The van der Waals surface area contributed by atoms with E-state index >= 15 is 0 Å². The number of anilines is 2. The number of carbonyl (C=O) groups is 1. The molecular weight excluding hydrogens is 402 g/mol. The van der Waals surface area contributed by atoms with Crippen molar-refractivity contribution in [2.45, 2.75) is 31.8 Å². The standard InChI is InChI=1S/C25H29N5O2/c1-19(29(2)18-20-10-9-17-30(20)24-15-8-16-26-28-24)25(31)27-22-13-6-7-14-23(22)32-21-11-4-3-5-12-21/h3-8,11-16,19-20H,9-10,17-18H2,1-2H3,(H,27,31). The normalized spacial score (nSPS) is 16.7. The number of carbonyl (C=O) groups excluding carboxylic acids is 1. The molecule has 1 aliphatic heterocycles. The number of hydrogen-bond donors (Lipinski definition) is 1. The second kappa shape index (κ2) is 10.2. The molecule has 166 valence electrons. The van der Waals surface area contributed by atoms with E-state index in [2.05, 4.69) is 25.3 Å². The summed E-state index contributed by atoms with van der Waals surface area (Å²) in [6.07, 6.45) is 3.87. The van der Waals surface area contributed by atoms with Gasteiger partial charge in [0.2, 0.25) is 5.91 Å². The Bertz CT molecular complexity index is 1020. The van der Waals surface area contributed by atoms with Gasteiger partial charge in [-0.1, -0.05) is 30.3 Å². The maximum atomic E-state index is 13.0. The predicted molar refractivity (Wildman–Crippen MR) is 126 cm³/mol. The van der Waals surface area contributed by atoms with E-state index in [1.54, 1.807) is 6.20 Å². The molecule has 1 amide bonds. The van der Waals surface area contributed by atoms with Crippen LogP contribution in [0.1, 0.15) is 19.8 Å². The second-order valence-corrected chi connectivity index (χ2v) is 8.09. The number of benzene rings is 2. The van der Waals surface area contributed by atoms with Crippen molar-refractivity contribution in [3.05, 3.63) is 72.9 Å². The average Bonchev–Trinajstić information content (AvgIpc) is 3.29. The minimum absolute atomic E-state index is 0.0688. The van der Waals surface area contributed by atoms with Crippen molar-refractivity contribution in [1.82, 2.24) is 15.1 Å². The van der Waals surface area contributed by atoms with Crippen LogP contribution in [0.4, 0.5) is 11.5 Å². The summed E-state index contributed by atoms with van der Waals surface area (Å²) in [5.41, 5.74) is 0.656. The van der Waals surface area contributed by atoms with Crippen LogP contribution in [-0.4, -0.2) is 53.2 Å². The van der Waals surface area contributed by atoms with Gasteiger partial charge in [0.1, 0.15) is 5.75 Å². The number of likely N-dealkylation sites (N-methyl/N-ethyl adjacent to an activating group) is 1. The summed E-state index contributed by atoms with van der Waals surface area (Å²) in [5, 5.41) is 11.3. The van der Waals surface area contributed by atoms with E-state index in [4.69, 9.17) is 4.74 Å². The van der Waals surface area contributed by atoms with Crippen molar-refractivity contribution in [1.29, 1.82) is 0 Å². The molecule has 1 N–H and O–H groups in total. The van der Waals surface area contributed by atoms with Crippen LogP contribution in [0.2, 0.25) is 0 Å². The molecule has 0 bridgehead atoms. The van der Waals surface area contributed by atoms with Crippen LogP contribution in [0.25, 0.3) is 0 Å². The molecule has 2 unspecified atom stereocenters. The largest absolute Gasteiger partial charge is 0.455 e. The molecule has 1 saturated heterocycles. The Hall–Kier alpha value is -3.45. The molecule has 1 aromatic heterocycles. The maximum absolute atomic E-state index is 13.0. The molecule has 3 aromatic rings. The zero-order valence-corrected chi connectivity index (χ0v) is 18.5. The van der Waals surface area contributed by atoms with Crippen LogP contribution in [0.15, 0.2) is 72.9 Å². The molecule has 1 aliphatic rings. The first-order chi connectivity index (χ1) is 15.6. The van der Waals surface area contributed by atoms with Crippen LogP contribution in [0.5, 0.6) is 11.5 Å². The van der Waals surface area contributed by atoms with E-state index < -0.39 is 0 Å². The van der Waals surface area contributed by atoms with E-state index in [9.17, 15) is 4.79 Å². The van der Waals surface area contributed by atoms with Crippen molar-refractivity contribution < 1.29 is 9.53 Å². The second-order valence-electron chi connectivity index (χ2n) is 8.09. The molecule has 2 heterocycles. The first-order valence-corrected chi connectivity index (χ1v) is 11.0. The fraction of sp³-hybridized carbons (Fsp3) is 0.320.